The molecule has 0 bridgehead atoms. The van der Waals surface area contributed by atoms with Crippen molar-refractivity contribution in [3.63, 3.8) is 0 Å². The molecule has 36 heavy (non-hydrogen) atoms. The molecule has 0 amide bonds. The summed E-state index contributed by atoms with van der Waals surface area (Å²) in [6, 6.07) is 6.68. The number of para-hydroxylation sites is 1. The van der Waals surface area contributed by atoms with Crippen molar-refractivity contribution in [3.8, 4) is 0 Å². The van der Waals surface area contributed by atoms with Gasteiger partial charge in [0.05, 0.1) is 10.9 Å². The van der Waals surface area contributed by atoms with E-state index in [-0.39, 0.29) is 23.7 Å². The van der Waals surface area contributed by atoms with Crippen molar-refractivity contribution in [3.05, 3.63) is 40.4 Å². The lowest BCUT2D eigenvalue weighted by Gasteiger charge is -2.30. The number of rotatable bonds is 9. The lowest BCUT2D eigenvalue weighted by atomic mass is 10.1. The van der Waals surface area contributed by atoms with Crippen molar-refractivity contribution in [2.24, 2.45) is 0 Å². The maximum Gasteiger partial charge on any atom is 0.303 e. The highest BCUT2D eigenvalue weighted by Crippen LogP contribution is 2.29. The van der Waals surface area contributed by atoms with E-state index in [0.29, 0.717) is 10.9 Å². The topological polar surface area (TPSA) is 157 Å². The molecule has 0 fully saturated rings. The molecule has 0 N–H and O–H groups in total. The molecule has 3 atom stereocenters. The number of ether oxygens (including phenoxy) is 4. The van der Waals surface area contributed by atoms with Crippen LogP contribution in [0.3, 0.4) is 0 Å². The first-order valence-corrected chi connectivity index (χ1v) is 11.1. The zero-order chi connectivity index (χ0) is 26.6. The van der Waals surface area contributed by atoms with Gasteiger partial charge in [0.1, 0.15) is 6.61 Å². The fourth-order valence-corrected chi connectivity index (χ4v) is 3.83. The number of fused-ring (bicyclic) bond motifs is 3. The Balaban J connectivity index is 2.31. The highest BCUT2D eigenvalue weighted by molar-refractivity contribution is 5.80. The number of esters is 4. The third kappa shape index (κ3) is 5.50. The molecule has 0 aliphatic heterocycles. The molecule has 0 radical (unpaired) electrons. The smallest absolute Gasteiger partial charge is 0.303 e. The Labute approximate surface area is 204 Å². The molecule has 2 heterocycles. The number of hydrogen-bond donors (Lipinski definition) is 0. The predicted molar refractivity (Wildman–Crippen MR) is 123 cm³/mol. The van der Waals surface area contributed by atoms with Crippen molar-refractivity contribution in [2.45, 2.75) is 59.5 Å². The van der Waals surface area contributed by atoms with Crippen LogP contribution in [0.4, 0.5) is 0 Å². The lowest BCUT2D eigenvalue weighted by Crippen LogP contribution is -2.44. The maximum atomic E-state index is 13.0. The Hall–Kier alpha value is -4.29. The quantitative estimate of drug-likeness (QED) is 0.305. The Morgan fingerprint density at radius 3 is 2.11 bits per heavy atom. The Kier molecular flexibility index (Phi) is 8.02. The summed E-state index contributed by atoms with van der Waals surface area (Å²) in [4.78, 5) is 60.5. The van der Waals surface area contributed by atoms with Gasteiger partial charge in [-0.15, -0.1) is 10.2 Å². The van der Waals surface area contributed by atoms with Gasteiger partial charge >= 0.3 is 23.9 Å². The largest absolute Gasteiger partial charge is 0.462 e. The van der Waals surface area contributed by atoms with Crippen LogP contribution in [0.5, 0.6) is 0 Å². The van der Waals surface area contributed by atoms with Gasteiger partial charge in [0.15, 0.2) is 18.0 Å². The summed E-state index contributed by atoms with van der Waals surface area (Å²) in [7, 11) is 0. The van der Waals surface area contributed by atoms with Gasteiger partial charge in [-0.3, -0.25) is 32.9 Å². The second-order valence-electron chi connectivity index (χ2n) is 7.81. The van der Waals surface area contributed by atoms with Crippen LogP contribution >= 0.6 is 0 Å². The lowest BCUT2D eigenvalue weighted by molar-refractivity contribution is -0.190. The summed E-state index contributed by atoms with van der Waals surface area (Å²) in [6.45, 7) is 6.03. The minimum absolute atomic E-state index is 0.00942. The predicted octanol–water partition coefficient (Wildman–Crippen LogP) is 1.09. The van der Waals surface area contributed by atoms with Crippen molar-refractivity contribution in [1.29, 1.82) is 0 Å². The normalized spacial score (nSPS) is 13.6. The number of aromatic nitrogens is 4. The van der Waals surface area contributed by atoms with Crippen molar-refractivity contribution in [2.75, 3.05) is 6.61 Å². The fourth-order valence-electron chi connectivity index (χ4n) is 3.83. The first-order chi connectivity index (χ1) is 17.0. The number of carbonyl (C=O) groups excluding carboxylic acids is 4. The zero-order valence-electron chi connectivity index (χ0n) is 20.4. The zero-order valence-corrected chi connectivity index (χ0v) is 20.4. The number of hydrogen-bond acceptors (Lipinski definition) is 11. The van der Waals surface area contributed by atoms with Crippen LogP contribution in [0.15, 0.2) is 29.1 Å². The molecule has 0 unspecified atom stereocenters. The SMILES string of the molecule is CCn1c(=O)c2ccccc2n2c([C@H](OC(C)=O)[C@@H](OC(C)=O)[C@@H](COC(C)=O)OC(C)=O)nnc12. The molecule has 13 nitrogen and oxygen atoms in total. The number of aryl methyl sites for hydroxylation is 1. The van der Waals surface area contributed by atoms with Gasteiger partial charge in [-0.1, -0.05) is 12.1 Å². The molecule has 0 saturated heterocycles. The van der Waals surface area contributed by atoms with Crippen LogP contribution in [0.25, 0.3) is 16.7 Å². The van der Waals surface area contributed by atoms with Gasteiger partial charge in [-0.05, 0) is 19.1 Å². The van der Waals surface area contributed by atoms with Crippen LogP contribution in [0, 0.1) is 0 Å². The van der Waals surface area contributed by atoms with Gasteiger partial charge < -0.3 is 18.9 Å². The van der Waals surface area contributed by atoms with E-state index in [9.17, 15) is 24.0 Å². The minimum atomic E-state index is -1.48. The monoisotopic (exact) mass is 502 g/mol. The van der Waals surface area contributed by atoms with Gasteiger partial charge in [0.25, 0.3) is 5.56 Å². The average molecular weight is 502 g/mol. The van der Waals surface area contributed by atoms with Crippen LogP contribution < -0.4 is 5.56 Å². The summed E-state index contributed by atoms with van der Waals surface area (Å²) in [5.41, 5.74) is 0.109. The summed E-state index contributed by atoms with van der Waals surface area (Å²) >= 11 is 0. The molecule has 13 heteroatoms. The molecule has 3 rings (SSSR count). The second-order valence-corrected chi connectivity index (χ2v) is 7.81. The van der Waals surface area contributed by atoms with Gasteiger partial charge in [-0.25, -0.2) is 0 Å². The molecular formula is C23H26N4O9. The van der Waals surface area contributed by atoms with E-state index in [1.807, 2.05) is 0 Å². The molecule has 0 aliphatic carbocycles. The van der Waals surface area contributed by atoms with Crippen molar-refractivity contribution >= 4 is 40.6 Å². The minimum Gasteiger partial charge on any atom is -0.462 e. The highest BCUT2D eigenvalue weighted by atomic mass is 16.6. The molecule has 0 saturated carbocycles. The van der Waals surface area contributed by atoms with E-state index in [0.717, 1.165) is 27.7 Å². The number of carbonyl (C=O) groups is 4. The Morgan fingerprint density at radius 2 is 1.53 bits per heavy atom. The summed E-state index contributed by atoms with van der Waals surface area (Å²) < 4.78 is 24.2. The second kappa shape index (κ2) is 11.0. The van der Waals surface area contributed by atoms with E-state index >= 15 is 0 Å². The highest BCUT2D eigenvalue weighted by Gasteiger charge is 2.42. The van der Waals surface area contributed by atoms with E-state index in [1.54, 1.807) is 31.2 Å². The van der Waals surface area contributed by atoms with E-state index < -0.39 is 48.8 Å². The molecule has 3 aromatic rings. The third-order valence-electron chi connectivity index (χ3n) is 5.13. The Morgan fingerprint density at radius 1 is 0.889 bits per heavy atom. The van der Waals surface area contributed by atoms with Crippen LogP contribution in [-0.2, 0) is 44.7 Å². The van der Waals surface area contributed by atoms with E-state index in [4.69, 9.17) is 18.9 Å². The third-order valence-corrected chi connectivity index (χ3v) is 5.13. The van der Waals surface area contributed by atoms with Gasteiger partial charge in [0, 0.05) is 34.2 Å². The summed E-state index contributed by atoms with van der Waals surface area (Å²) in [6.07, 6.45) is -4.31. The summed E-state index contributed by atoms with van der Waals surface area (Å²) in [5.74, 6) is -2.85. The number of benzene rings is 1. The average Bonchev–Trinajstić information content (AvgIpc) is 3.23. The van der Waals surface area contributed by atoms with Crippen molar-refractivity contribution < 1.29 is 38.1 Å². The van der Waals surface area contributed by atoms with E-state index in [2.05, 4.69) is 10.2 Å². The molecule has 192 valence electrons. The summed E-state index contributed by atoms with van der Waals surface area (Å²) in [5, 5.41) is 8.65. The van der Waals surface area contributed by atoms with Gasteiger partial charge in [-0.2, -0.15) is 0 Å². The first kappa shape index (κ1) is 26.3. The fraction of sp³-hybridized carbons (Fsp3) is 0.435. The molecule has 0 aliphatic rings. The first-order valence-electron chi connectivity index (χ1n) is 11.1. The van der Waals surface area contributed by atoms with Crippen LogP contribution in [0.2, 0.25) is 0 Å². The molecule has 0 spiro atoms. The molecule has 1 aromatic carbocycles. The molecule has 2 aromatic heterocycles. The molecular weight excluding hydrogens is 476 g/mol. The van der Waals surface area contributed by atoms with Gasteiger partial charge in [0.2, 0.25) is 11.9 Å². The van der Waals surface area contributed by atoms with Crippen LogP contribution in [0.1, 0.15) is 46.5 Å². The number of nitrogens with zero attached hydrogens (tertiary/aromatic N) is 4. The van der Waals surface area contributed by atoms with Crippen LogP contribution in [-0.4, -0.2) is 61.9 Å². The maximum absolute atomic E-state index is 13.0. The van der Waals surface area contributed by atoms with E-state index in [1.165, 1.54) is 8.97 Å². The van der Waals surface area contributed by atoms with Crippen molar-refractivity contribution in [1.82, 2.24) is 19.2 Å². The Bertz CT molecular complexity index is 1380. The standard InChI is InChI=1S/C23H26N4O9/c1-6-26-22(32)16-9-7-8-10-17(16)27-21(24-25-23(26)27)20(36-15(5)31)19(35-14(4)30)18(34-13(3)29)11-33-12(2)28/h7-10,18-20H,6,11H2,1-5H3/t18-,19+,20-/m1/s1.